The smallest absolute Gasteiger partial charge is 0.128 e. The molecule has 1 aromatic heterocycles. The first kappa shape index (κ1) is 16.3. The molecule has 0 aliphatic carbocycles. The summed E-state index contributed by atoms with van der Waals surface area (Å²) in [7, 11) is 2.11. The Bertz CT molecular complexity index is 378. The Morgan fingerprint density at radius 1 is 1.32 bits per heavy atom. The van der Waals surface area contributed by atoms with E-state index < -0.39 is 0 Å². The number of aromatic nitrogens is 1. The molecule has 0 aliphatic rings. The number of pyridine rings is 1. The number of hydrogen-bond donors (Lipinski definition) is 1. The van der Waals surface area contributed by atoms with Gasteiger partial charge in [-0.25, -0.2) is 4.98 Å². The molecule has 3 nitrogen and oxygen atoms in total. The van der Waals surface area contributed by atoms with Gasteiger partial charge >= 0.3 is 0 Å². The van der Waals surface area contributed by atoms with E-state index in [1.807, 2.05) is 0 Å². The van der Waals surface area contributed by atoms with Crippen molar-refractivity contribution in [1.29, 1.82) is 0 Å². The van der Waals surface area contributed by atoms with Gasteiger partial charge in [-0.05, 0) is 37.4 Å². The molecule has 4 heteroatoms. The number of hydrogen-bond acceptors (Lipinski definition) is 3. The zero-order chi connectivity index (χ0) is 14.3. The maximum absolute atomic E-state index is 6.21. The molecular formula is C15H26ClN3. The fraction of sp³-hybridized carbons (Fsp3) is 0.667. The Kier molecular flexibility index (Phi) is 7.17. The van der Waals surface area contributed by atoms with Crippen molar-refractivity contribution in [1.82, 2.24) is 10.3 Å². The van der Waals surface area contributed by atoms with Gasteiger partial charge in [0.15, 0.2) is 0 Å². The van der Waals surface area contributed by atoms with Gasteiger partial charge in [-0.15, -0.1) is 0 Å². The van der Waals surface area contributed by atoms with Crippen LogP contribution in [-0.4, -0.2) is 24.6 Å². The van der Waals surface area contributed by atoms with Crippen molar-refractivity contribution in [2.45, 2.75) is 52.6 Å². The molecule has 0 bridgehead atoms. The summed E-state index contributed by atoms with van der Waals surface area (Å²) in [6.07, 6.45) is 5.14. The summed E-state index contributed by atoms with van der Waals surface area (Å²) < 4.78 is 0. The SMILES string of the molecule is CCCNCc1cc(N(C)C(CC)CC)ncc1Cl. The Morgan fingerprint density at radius 3 is 2.58 bits per heavy atom. The topological polar surface area (TPSA) is 28.2 Å². The van der Waals surface area contributed by atoms with Gasteiger partial charge in [0.05, 0.1) is 5.02 Å². The number of nitrogens with zero attached hydrogens (tertiary/aromatic N) is 2. The van der Waals surface area contributed by atoms with Gasteiger partial charge in [-0.2, -0.15) is 0 Å². The quantitative estimate of drug-likeness (QED) is 0.734. The second-order valence-corrected chi connectivity index (χ2v) is 5.30. The van der Waals surface area contributed by atoms with Gasteiger partial charge in [0.1, 0.15) is 5.82 Å². The van der Waals surface area contributed by atoms with Crippen LogP contribution in [0.4, 0.5) is 5.82 Å². The Labute approximate surface area is 122 Å². The normalized spacial score (nSPS) is 11.1. The summed E-state index contributed by atoms with van der Waals surface area (Å²) in [5.41, 5.74) is 1.12. The number of rotatable bonds is 8. The van der Waals surface area contributed by atoms with E-state index in [2.05, 4.69) is 49.1 Å². The van der Waals surface area contributed by atoms with Crippen LogP contribution in [0.2, 0.25) is 5.02 Å². The highest BCUT2D eigenvalue weighted by molar-refractivity contribution is 6.31. The standard InChI is InChI=1S/C15H26ClN3/c1-5-8-17-10-12-9-15(18-11-14(12)16)19(4)13(6-2)7-3/h9,11,13,17H,5-8,10H2,1-4H3. The van der Waals surface area contributed by atoms with Crippen LogP contribution in [0.1, 0.15) is 45.6 Å². The fourth-order valence-electron chi connectivity index (χ4n) is 2.22. The minimum atomic E-state index is 0.533. The van der Waals surface area contributed by atoms with Gasteiger partial charge in [0.2, 0.25) is 0 Å². The summed E-state index contributed by atoms with van der Waals surface area (Å²) in [4.78, 5) is 6.70. The van der Waals surface area contributed by atoms with Gasteiger partial charge in [-0.1, -0.05) is 32.4 Å². The van der Waals surface area contributed by atoms with E-state index in [9.17, 15) is 0 Å². The van der Waals surface area contributed by atoms with E-state index in [0.29, 0.717) is 6.04 Å². The lowest BCUT2D eigenvalue weighted by Crippen LogP contribution is -2.31. The van der Waals surface area contributed by atoms with Gasteiger partial charge in [0, 0.05) is 25.8 Å². The van der Waals surface area contributed by atoms with Crippen molar-refractivity contribution in [3.63, 3.8) is 0 Å². The van der Waals surface area contributed by atoms with Gasteiger partial charge < -0.3 is 10.2 Å². The Balaban J connectivity index is 2.82. The lowest BCUT2D eigenvalue weighted by Gasteiger charge is -2.27. The third-order valence-corrected chi connectivity index (χ3v) is 3.85. The molecule has 0 fully saturated rings. The van der Waals surface area contributed by atoms with Crippen molar-refractivity contribution >= 4 is 17.4 Å². The molecule has 1 rings (SSSR count). The summed E-state index contributed by atoms with van der Waals surface area (Å²) in [6.45, 7) is 8.40. The molecule has 1 heterocycles. The van der Waals surface area contributed by atoms with Crippen molar-refractivity contribution in [2.75, 3.05) is 18.5 Å². The predicted octanol–water partition coefficient (Wildman–Crippen LogP) is 3.86. The summed E-state index contributed by atoms with van der Waals surface area (Å²) in [5.74, 6) is 1.01. The molecular weight excluding hydrogens is 258 g/mol. The van der Waals surface area contributed by atoms with Crippen molar-refractivity contribution < 1.29 is 0 Å². The summed E-state index contributed by atoms with van der Waals surface area (Å²) in [5, 5.41) is 4.13. The van der Waals surface area contributed by atoms with E-state index in [-0.39, 0.29) is 0 Å². The van der Waals surface area contributed by atoms with E-state index in [4.69, 9.17) is 11.6 Å². The van der Waals surface area contributed by atoms with Crippen LogP contribution in [0.5, 0.6) is 0 Å². The zero-order valence-electron chi connectivity index (χ0n) is 12.5. The van der Waals surface area contributed by atoms with Gasteiger partial charge in [0.25, 0.3) is 0 Å². The second kappa shape index (κ2) is 8.39. The maximum atomic E-state index is 6.21. The molecule has 0 spiro atoms. The molecule has 0 atom stereocenters. The van der Waals surface area contributed by atoms with Crippen LogP contribution in [0.25, 0.3) is 0 Å². The Morgan fingerprint density at radius 2 is 2.00 bits per heavy atom. The van der Waals surface area contributed by atoms with Crippen LogP contribution < -0.4 is 10.2 Å². The molecule has 0 amide bonds. The molecule has 0 aromatic carbocycles. The third kappa shape index (κ3) is 4.66. The highest BCUT2D eigenvalue weighted by atomic mass is 35.5. The molecule has 0 unspecified atom stereocenters. The van der Waals surface area contributed by atoms with Crippen molar-refractivity contribution in [3.8, 4) is 0 Å². The first-order chi connectivity index (χ1) is 9.13. The average Bonchev–Trinajstić information content (AvgIpc) is 2.42. The average molecular weight is 284 g/mol. The molecule has 0 radical (unpaired) electrons. The van der Waals surface area contributed by atoms with Crippen LogP contribution in [0.15, 0.2) is 12.3 Å². The van der Waals surface area contributed by atoms with Crippen molar-refractivity contribution in [2.24, 2.45) is 0 Å². The predicted molar refractivity (Wildman–Crippen MR) is 84.0 cm³/mol. The van der Waals surface area contributed by atoms with E-state index in [1.165, 1.54) is 0 Å². The molecule has 0 saturated heterocycles. The maximum Gasteiger partial charge on any atom is 0.128 e. The monoisotopic (exact) mass is 283 g/mol. The van der Waals surface area contributed by atoms with Gasteiger partial charge in [-0.3, -0.25) is 0 Å². The van der Waals surface area contributed by atoms with E-state index >= 15 is 0 Å². The first-order valence-electron chi connectivity index (χ1n) is 7.21. The number of anilines is 1. The van der Waals surface area contributed by atoms with Crippen LogP contribution in [0.3, 0.4) is 0 Å². The second-order valence-electron chi connectivity index (χ2n) is 4.89. The van der Waals surface area contributed by atoms with E-state index in [1.54, 1.807) is 6.20 Å². The highest BCUT2D eigenvalue weighted by Gasteiger charge is 2.13. The number of halogens is 1. The zero-order valence-corrected chi connectivity index (χ0v) is 13.3. The summed E-state index contributed by atoms with van der Waals surface area (Å²) in [6, 6.07) is 2.63. The number of nitrogens with one attached hydrogen (secondary N) is 1. The van der Waals surface area contributed by atoms with Crippen LogP contribution >= 0.6 is 11.6 Å². The lowest BCUT2D eigenvalue weighted by molar-refractivity contribution is 0.586. The summed E-state index contributed by atoms with van der Waals surface area (Å²) >= 11 is 6.21. The highest BCUT2D eigenvalue weighted by Crippen LogP contribution is 2.22. The lowest BCUT2D eigenvalue weighted by atomic mass is 10.1. The first-order valence-corrected chi connectivity index (χ1v) is 7.59. The largest absolute Gasteiger partial charge is 0.357 e. The molecule has 0 aliphatic heterocycles. The van der Waals surface area contributed by atoms with Crippen molar-refractivity contribution in [3.05, 3.63) is 22.8 Å². The Hall–Kier alpha value is -0.800. The molecule has 19 heavy (non-hydrogen) atoms. The fourth-order valence-corrected chi connectivity index (χ4v) is 2.39. The molecule has 1 N–H and O–H groups in total. The van der Waals surface area contributed by atoms with E-state index in [0.717, 1.165) is 48.8 Å². The molecule has 0 saturated carbocycles. The third-order valence-electron chi connectivity index (χ3n) is 3.51. The van der Waals surface area contributed by atoms with Crippen LogP contribution in [-0.2, 0) is 6.54 Å². The minimum Gasteiger partial charge on any atom is -0.357 e. The molecule has 108 valence electrons. The van der Waals surface area contributed by atoms with Crippen LogP contribution in [0, 0.1) is 0 Å². The molecule has 1 aromatic rings. The minimum absolute atomic E-state index is 0.533.